The molecule has 0 radical (unpaired) electrons. The van der Waals surface area contributed by atoms with E-state index in [2.05, 4.69) is 12.2 Å². The normalized spacial score (nSPS) is 10.9. The molecular formula is C21H26Cl3NO2. The van der Waals surface area contributed by atoms with Crippen LogP contribution in [-0.4, -0.2) is 13.7 Å². The number of nitrogens with one attached hydrogen (secondary N) is 1. The quantitative estimate of drug-likeness (QED) is 0.393. The maximum atomic E-state index is 6.44. The molecule has 0 saturated carbocycles. The van der Waals surface area contributed by atoms with Crippen LogP contribution in [0.1, 0.15) is 43.7 Å². The van der Waals surface area contributed by atoms with Crippen molar-refractivity contribution < 1.29 is 9.47 Å². The lowest BCUT2D eigenvalue weighted by Crippen LogP contribution is -2.14. The summed E-state index contributed by atoms with van der Waals surface area (Å²) in [6, 6.07) is 9.16. The predicted molar refractivity (Wildman–Crippen MR) is 115 cm³/mol. The summed E-state index contributed by atoms with van der Waals surface area (Å²) in [6.45, 7) is 4.23. The second-order valence-electron chi connectivity index (χ2n) is 6.37. The fraction of sp³-hybridized carbons (Fsp3) is 0.429. The van der Waals surface area contributed by atoms with Gasteiger partial charge in [-0.25, -0.2) is 0 Å². The molecule has 0 spiro atoms. The fourth-order valence-corrected chi connectivity index (χ4v) is 3.46. The van der Waals surface area contributed by atoms with Crippen LogP contribution < -0.4 is 14.8 Å². The number of benzene rings is 2. The minimum absolute atomic E-state index is 0.279. The zero-order valence-electron chi connectivity index (χ0n) is 15.8. The van der Waals surface area contributed by atoms with Crippen molar-refractivity contribution in [3.8, 4) is 11.5 Å². The molecule has 2 aromatic rings. The van der Waals surface area contributed by atoms with Gasteiger partial charge in [0.2, 0.25) is 0 Å². The number of ether oxygens (including phenoxy) is 2. The largest absolute Gasteiger partial charge is 0.493 e. The second-order valence-corrected chi connectivity index (χ2v) is 7.62. The van der Waals surface area contributed by atoms with E-state index in [9.17, 15) is 0 Å². The van der Waals surface area contributed by atoms with Gasteiger partial charge < -0.3 is 14.8 Å². The van der Waals surface area contributed by atoms with Crippen LogP contribution >= 0.6 is 34.8 Å². The molecule has 0 saturated heterocycles. The van der Waals surface area contributed by atoms with Gasteiger partial charge in [-0.3, -0.25) is 0 Å². The molecule has 3 nitrogen and oxygen atoms in total. The lowest BCUT2D eigenvalue weighted by atomic mass is 10.1. The van der Waals surface area contributed by atoms with Crippen LogP contribution in [0.2, 0.25) is 15.1 Å². The van der Waals surface area contributed by atoms with E-state index < -0.39 is 0 Å². The van der Waals surface area contributed by atoms with Gasteiger partial charge in [-0.1, -0.05) is 67.1 Å². The van der Waals surface area contributed by atoms with E-state index in [-0.39, 0.29) is 6.61 Å². The number of hydrogen-bond donors (Lipinski definition) is 1. The van der Waals surface area contributed by atoms with E-state index in [4.69, 9.17) is 44.3 Å². The summed E-state index contributed by atoms with van der Waals surface area (Å²) >= 11 is 18.6. The Morgan fingerprint density at radius 1 is 0.963 bits per heavy atom. The Hall–Kier alpha value is -1.13. The first-order valence-corrected chi connectivity index (χ1v) is 10.3. The highest BCUT2D eigenvalue weighted by molar-refractivity contribution is 6.35. The molecule has 0 aliphatic rings. The van der Waals surface area contributed by atoms with Crippen molar-refractivity contribution >= 4 is 34.8 Å². The maximum absolute atomic E-state index is 6.44. The van der Waals surface area contributed by atoms with Crippen LogP contribution in [0.5, 0.6) is 11.5 Å². The number of methoxy groups -OCH3 is 1. The summed E-state index contributed by atoms with van der Waals surface area (Å²) in [5, 5.41) is 5.11. The van der Waals surface area contributed by atoms with E-state index >= 15 is 0 Å². The summed E-state index contributed by atoms with van der Waals surface area (Å²) in [5.41, 5.74) is 1.89. The predicted octanol–water partition coefficient (Wildman–Crippen LogP) is 6.90. The Morgan fingerprint density at radius 2 is 1.78 bits per heavy atom. The van der Waals surface area contributed by atoms with Gasteiger partial charge in [0.15, 0.2) is 11.5 Å². The molecule has 2 aromatic carbocycles. The molecule has 0 atom stereocenters. The summed E-state index contributed by atoms with van der Waals surface area (Å²) in [6.07, 6.45) is 4.97. The molecule has 27 heavy (non-hydrogen) atoms. The Bertz CT molecular complexity index is 738. The second kappa shape index (κ2) is 11.7. The molecule has 0 amide bonds. The van der Waals surface area contributed by atoms with Gasteiger partial charge in [-0.15, -0.1) is 0 Å². The van der Waals surface area contributed by atoms with Gasteiger partial charge in [0.25, 0.3) is 0 Å². The van der Waals surface area contributed by atoms with E-state index in [0.29, 0.717) is 26.6 Å². The van der Waals surface area contributed by atoms with Crippen molar-refractivity contribution in [2.45, 2.75) is 45.8 Å². The van der Waals surface area contributed by atoms with Crippen LogP contribution in [0, 0.1) is 0 Å². The van der Waals surface area contributed by atoms with E-state index in [1.807, 2.05) is 18.2 Å². The van der Waals surface area contributed by atoms with Gasteiger partial charge in [0, 0.05) is 22.2 Å². The van der Waals surface area contributed by atoms with Gasteiger partial charge in [0.05, 0.1) is 12.1 Å². The first-order chi connectivity index (χ1) is 13.0. The van der Waals surface area contributed by atoms with Crippen molar-refractivity contribution in [2.75, 3.05) is 13.7 Å². The minimum Gasteiger partial charge on any atom is -0.493 e. The molecule has 0 aliphatic heterocycles. The molecule has 148 valence electrons. The Labute approximate surface area is 176 Å². The van der Waals surface area contributed by atoms with Crippen LogP contribution in [0.15, 0.2) is 30.3 Å². The molecule has 0 aliphatic carbocycles. The van der Waals surface area contributed by atoms with Gasteiger partial charge >= 0.3 is 0 Å². The number of halogens is 3. The first kappa shape index (κ1) is 22.2. The minimum atomic E-state index is 0.279. The van der Waals surface area contributed by atoms with Crippen LogP contribution in [-0.2, 0) is 13.2 Å². The number of hydrogen-bond acceptors (Lipinski definition) is 3. The molecule has 0 heterocycles. The zero-order chi connectivity index (χ0) is 19.6. The Balaban J connectivity index is 1.98. The van der Waals surface area contributed by atoms with Crippen molar-refractivity contribution in [2.24, 2.45) is 0 Å². The highest BCUT2D eigenvalue weighted by Crippen LogP contribution is 2.37. The molecule has 0 aromatic heterocycles. The van der Waals surface area contributed by atoms with E-state index in [0.717, 1.165) is 24.2 Å². The fourth-order valence-electron chi connectivity index (χ4n) is 2.71. The highest BCUT2D eigenvalue weighted by Gasteiger charge is 2.13. The summed E-state index contributed by atoms with van der Waals surface area (Å²) < 4.78 is 11.4. The van der Waals surface area contributed by atoms with Crippen molar-refractivity contribution in [3.63, 3.8) is 0 Å². The lowest BCUT2D eigenvalue weighted by Gasteiger charge is -2.15. The smallest absolute Gasteiger partial charge is 0.180 e. The monoisotopic (exact) mass is 429 g/mol. The SMILES string of the molecule is CCCCCCNCc1cc(Cl)c(OCc2ccc(Cl)cc2Cl)c(OC)c1. The topological polar surface area (TPSA) is 30.5 Å². The molecular weight excluding hydrogens is 405 g/mol. The standard InChI is InChI=1S/C21H26Cl3NO2/c1-3-4-5-6-9-25-13-15-10-19(24)21(20(11-15)26-2)27-14-16-7-8-17(22)12-18(16)23/h7-8,10-12,25H,3-6,9,13-14H2,1-2H3. The van der Waals surface area contributed by atoms with E-state index in [1.165, 1.54) is 25.7 Å². The summed E-state index contributed by atoms with van der Waals surface area (Å²) in [5.74, 6) is 1.12. The average molecular weight is 431 g/mol. The van der Waals surface area contributed by atoms with Gasteiger partial charge in [-0.05, 0) is 42.8 Å². The molecule has 0 fully saturated rings. The number of rotatable bonds is 11. The Kier molecular flexibility index (Phi) is 9.57. The molecule has 0 bridgehead atoms. The van der Waals surface area contributed by atoms with Gasteiger partial charge in [0.1, 0.15) is 6.61 Å². The van der Waals surface area contributed by atoms with Crippen molar-refractivity contribution in [3.05, 3.63) is 56.5 Å². The third kappa shape index (κ3) is 7.08. The Morgan fingerprint density at radius 3 is 2.48 bits per heavy atom. The van der Waals surface area contributed by atoms with Crippen LogP contribution in [0.4, 0.5) is 0 Å². The van der Waals surface area contributed by atoms with Crippen LogP contribution in [0.25, 0.3) is 0 Å². The average Bonchev–Trinajstić information content (AvgIpc) is 2.64. The maximum Gasteiger partial charge on any atom is 0.180 e. The van der Waals surface area contributed by atoms with E-state index in [1.54, 1.807) is 19.2 Å². The molecule has 1 N–H and O–H groups in total. The summed E-state index contributed by atoms with van der Waals surface area (Å²) in [4.78, 5) is 0. The third-order valence-corrected chi connectivity index (χ3v) is 5.08. The summed E-state index contributed by atoms with van der Waals surface area (Å²) in [7, 11) is 1.61. The van der Waals surface area contributed by atoms with Crippen molar-refractivity contribution in [1.29, 1.82) is 0 Å². The van der Waals surface area contributed by atoms with Crippen LogP contribution in [0.3, 0.4) is 0 Å². The molecule has 6 heteroatoms. The zero-order valence-corrected chi connectivity index (χ0v) is 18.1. The molecule has 0 unspecified atom stereocenters. The third-order valence-electron chi connectivity index (χ3n) is 4.21. The van der Waals surface area contributed by atoms with Gasteiger partial charge in [-0.2, -0.15) is 0 Å². The number of unbranched alkanes of at least 4 members (excludes halogenated alkanes) is 3. The molecule has 2 rings (SSSR count). The van der Waals surface area contributed by atoms with Crippen molar-refractivity contribution in [1.82, 2.24) is 5.32 Å². The first-order valence-electron chi connectivity index (χ1n) is 9.19. The lowest BCUT2D eigenvalue weighted by molar-refractivity contribution is 0.284. The highest BCUT2D eigenvalue weighted by atomic mass is 35.5.